The Morgan fingerprint density at radius 2 is 1.92 bits per heavy atom. The van der Waals surface area contributed by atoms with Crippen molar-refractivity contribution in [2.45, 2.75) is 12.1 Å². The van der Waals surface area contributed by atoms with Crippen LogP contribution in [-0.2, 0) is 4.79 Å². The lowest BCUT2D eigenvalue weighted by molar-refractivity contribution is -0.115. The molecule has 3 heterocycles. The zero-order chi connectivity index (χ0) is 17.6. The number of aromatic nitrogens is 1. The number of rotatable bonds is 1. The number of nitriles is 2. The van der Waals surface area contributed by atoms with Gasteiger partial charge in [0, 0.05) is 18.3 Å². The van der Waals surface area contributed by atoms with Crippen molar-refractivity contribution in [3.8, 4) is 12.1 Å². The van der Waals surface area contributed by atoms with Gasteiger partial charge in [-0.2, -0.15) is 10.5 Å². The molecule has 0 bridgehead atoms. The van der Waals surface area contributed by atoms with Crippen molar-refractivity contribution in [2.24, 2.45) is 0 Å². The highest BCUT2D eigenvalue weighted by atomic mass is 16.2. The van der Waals surface area contributed by atoms with Gasteiger partial charge in [-0.1, -0.05) is 18.2 Å². The SMILES string of the molecule is CN1c2ccccc2C2C1C=C(C#N)C(=O)N2c1ccc(C#N)nc1. The Morgan fingerprint density at radius 1 is 1.12 bits per heavy atom. The Kier molecular flexibility index (Phi) is 3.26. The molecule has 1 amide bonds. The number of benzene rings is 1. The van der Waals surface area contributed by atoms with E-state index in [1.807, 2.05) is 43.5 Å². The molecule has 120 valence electrons. The molecule has 0 fully saturated rings. The molecule has 6 nitrogen and oxygen atoms in total. The number of hydrogen-bond donors (Lipinski definition) is 0. The third-order valence-corrected chi connectivity index (χ3v) is 4.73. The minimum atomic E-state index is -0.347. The van der Waals surface area contributed by atoms with Gasteiger partial charge in [0.05, 0.1) is 24.0 Å². The number of likely N-dealkylation sites (N-methyl/N-ethyl adjacent to an activating group) is 1. The van der Waals surface area contributed by atoms with E-state index in [9.17, 15) is 10.1 Å². The Morgan fingerprint density at radius 3 is 2.60 bits per heavy atom. The number of hydrogen-bond acceptors (Lipinski definition) is 5. The third-order valence-electron chi connectivity index (χ3n) is 4.73. The number of carbonyl (C=O) groups is 1. The van der Waals surface area contributed by atoms with Crippen LogP contribution in [0.5, 0.6) is 0 Å². The Hall–Kier alpha value is -3.64. The molecule has 0 aliphatic carbocycles. The summed E-state index contributed by atoms with van der Waals surface area (Å²) in [5, 5.41) is 18.3. The summed E-state index contributed by atoms with van der Waals surface area (Å²) in [6, 6.07) is 14.8. The number of anilines is 2. The van der Waals surface area contributed by atoms with Crippen molar-refractivity contribution in [3.05, 3.63) is 65.5 Å². The van der Waals surface area contributed by atoms with Gasteiger partial charge in [-0.3, -0.25) is 9.69 Å². The smallest absolute Gasteiger partial charge is 0.269 e. The maximum absolute atomic E-state index is 12.9. The maximum Gasteiger partial charge on any atom is 0.269 e. The molecule has 2 aliphatic heterocycles. The fraction of sp³-hybridized carbons (Fsp3) is 0.158. The second-order valence-electron chi connectivity index (χ2n) is 5.99. The van der Waals surface area contributed by atoms with Gasteiger partial charge in [-0.05, 0) is 24.3 Å². The fourth-order valence-electron chi connectivity index (χ4n) is 3.57. The minimum Gasteiger partial charge on any atom is -0.365 e. The second kappa shape index (κ2) is 5.47. The molecule has 25 heavy (non-hydrogen) atoms. The van der Waals surface area contributed by atoms with Gasteiger partial charge in [0.1, 0.15) is 23.4 Å². The number of para-hydroxylation sites is 1. The first-order chi connectivity index (χ1) is 12.2. The summed E-state index contributed by atoms with van der Waals surface area (Å²) in [7, 11) is 1.96. The summed E-state index contributed by atoms with van der Waals surface area (Å²) in [5.74, 6) is -0.347. The van der Waals surface area contributed by atoms with Crippen molar-refractivity contribution in [1.82, 2.24) is 4.98 Å². The van der Waals surface area contributed by atoms with Gasteiger partial charge in [0.15, 0.2) is 0 Å². The lowest BCUT2D eigenvalue weighted by Crippen LogP contribution is -2.46. The van der Waals surface area contributed by atoms with Crippen LogP contribution in [0.1, 0.15) is 17.3 Å². The van der Waals surface area contributed by atoms with Gasteiger partial charge < -0.3 is 4.90 Å². The van der Waals surface area contributed by atoms with Gasteiger partial charge in [0.25, 0.3) is 5.91 Å². The molecule has 0 spiro atoms. The lowest BCUT2D eigenvalue weighted by atomic mass is 9.94. The Bertz CT molecular complexity index is 980. The molecular weight excluding hydrogens is 314 g/mol. The van der Waals surface area contributed by atoms with Crippen LogP contribution in [0.25, 0.3) is 0 Å². The quantitative estimate of drug-likeness (QED) is 0.802. The van der Waals surface area contributed by atoms with Gasteiger partial charge in [0.2, 0.25) is 0 Å². The molecule has 0 saturated heterocycles. The summed E-state index contributed by atoms with van der Waals surface area (Å²) in [4.78, 5) is 20.7. The van der Waals surface area contributed by atoms with E-state index in [0.29, 0.717) is 5.69 Å². The first kappa shape index (κ1) is 14.9. The van der Waals surface area contributed by atoms with Crippen molar-refractivity contribution in [1.29, 1.82) is 10.5 Å². The minimum absolute atomic E-state index is 0.116. The molecule has 1 aromatic carbocycles. The summed E-state index contributed by atoms with van der Waals surface area (Å²) in [6.45, 7) is 0. The highest BCUT2D eigenvalue weighted by Crippen LogP contribution is 2.46. The zero-order valence-electron chi connectivity index (χ0n) is 13.4. The molecule has 0 saturated carbocycles. The van der Waals surface area contributed by atoms with Crippen LogP contribution in [-0.4, -0.2) is 24.0 Å². The van der Waals surface area contributed by atoms with E-state index in [2.05, 4.69) is 9.88 Å². The molecule has 6 heteroatoms. The van der Waals surface area contributed by atoms with Gasteiger partial charge in [-0.25, -0.2) is 4.98 Å². The predicted octanol–water partition coefficient (Wildman–Crippen LogP) is 2.31. The first-order valence-corrected chi connectivity index (χ1v) is 7.79. The molecule has 2 unspecified atom stereocenters. The van der Waals surface area contributed by atoms with Crippen LogP contribution < -0.4 is 9.80 Å². The average molecular weight is 327 g/mol. The van der Waals surface area contributed by atoms with E-state index in [1.165, 1.54) is 6.20 Å². The van der Waals surface area contributed by atoms with Crippen LogP contribution >= 0.6 is 0 Å². The van der Waals surface area contributed by atoms with Crippen molar-refractivity contribution in [2.75, 3.05) is 16.8 Å². The Balaban J connectivity index is 1.90. The lowest BCUT2D eigenvalue weighted by Gasteiger charge is -2.37. The summed E-state index contributed by atoms with van der Waals surface area (Å²) >= 11 is 0. The van der Waals surface area contributed by atoms with E-state index in [0.717, 1.165) is 11.3 Å². The van der Waals surface area contributed by atoms with E-state index in [-0.39, 0.29) is 29.3 Å². The van der Waals surface area contributed by atoms with E-state index >= 15 is 0 Å². The molecule has 2 aromatic rings. The number of pyridine rings is 1. The van der Waals surface area contributed by atoms with Crippen LogP contribution in [0.15, 0.2) is 54.2 Å². The molecular formula is C19H13N5O. The monoisotopic (exact) mass is 327 g/mol. The van der Waals surface area contributed by atoms with E-state index in [4.69, 9.17) is 5.26 Å². The Labute approximate surface area is 144 Å². The molecule has 2 atom stereocenters. The van der Waals surface area contributed by atoms with Crippen LogP contribution in [0.2, 0.25) is 0 Å². The van der Waals surface area contributed by atoms with Gasteiger partial charge in [-0.15, -0.1) is 0 Å². The number of nitrogens with zero attached hydrogens (tertiary/aromatic N) is 5. The molecule has 1 aromatic heterocycles. The van der Waals surface area contributed by atoms with E-state index in [1.54, 1.807) is 23.1 Å². The molecule has 2 aliphatic rings. The van der Waals surface area contributed by atoms with E-state index < -0.39 is 0 Å². The normalized spacial score (nSPS) is 21.1. The average Bonchev–Trinajstić information content (AvgIpc) is 2.94. The molecule has 4 rings (SSSR count). The van der Waals surface area contributed by atoms with Crippen molar-refractivity contribution >= 4 is 17.3 Å². The summed E-state index contributed by atoms with van der Waals surface area (Å²) in [6.07, 6.45) is 3.25. The highest BCUT2D eigenvalue weighted by Gasteiger charge is 2.45. The van der Waals surface area contributed by atoms with Crippen LogP contribution in [0.3, 0.4) is 0 Å². The predicted molar refractivity (Wildman–Crippen MR) is 91.5 cm³/mol. The zero-order valence-corrected chi connectivity index (χ0v) is 13.4. The van der Waals surface area contributed by atoms with Crippen LogP contribution in [0, 0.1) is 22.7 Å². The highest BCUT2D eigenvalue weighted by molar-refractivity contribution is 6.10. The summed E-state index contributed by atoms with van der Waals surface area (Å²) < 4.78 is 0. The number of carbonyl (C=O) groups excluding carboxylic acids is 1. The van der Waals surface area contributed by atoms with Crippen molar-refractivity contribution in [3.63, 3.8) is 0 Å². The fourth-order valence-corrected chi connectivity index (χ4v) is 3.57. The second-order valence-corrected chi connectivity index (χ2v) is 5.99. The summed E-state index contributed by atoms with van der Waals surface area (Å²) in [5.41, 5.74) is 3.04. The maximum atomic E-state index is 12.9. The van der Waals surface area contributed by atoms with Crippen LogP contribution in [0.4, 0.5) is 11.4 Å². The van der Waals surface area contributed by atoms with Gasteiger partial charge >= 0.3 is 0 Å². The standard InChI is InChI=1S/C19H13N5O/c1-23-16-5-3-2-4-15(16)18-17(23)8-12(9-20)19(25)24(18)14-7-6-13(10-21)22-11-14/h2-8,11,17-18H,1H3. The largest absolute Gasteiger partial charge is 0.365 e. The third kappa shape index (κ3) is 2.09. The first-order valence-electron chi connectivity index (χ1n) is 7.79. The number of amides is 1. The topological polar surface area (TPSA) is 84.0 Å². The molecule has 0 N–H and O–H groups in total. The number of fused-ring (bicyclic) bond motifs is 3. The molecule has 0 radical (unpaired) electrons. The van der Waals surface area contributed by atoms with Crippen molar-refractivity contribution < 1.29 is 4.79 Å².